The molecule has 0 saturated carbocycles. The Morgan fingerprint density at radius 1 is 0.784 bits per heavy atom. The van der Waals surface area contributed by atoms with Gasteiger partial charge in [-0.2, -0.15) is 39.5 Å². The van der Waals surface area contributed by atoms with Crippen LogP contribution in [0.1, 0.15) is 41.1 Å². The van der Waals surface area contributed by atoms with E-state index in [9.17, 15) is 49.1 Å². The minimum atomic E-state index is -4.68. The Hall–Kier alpha value is -3.25. The van der Waals surface area contributed by atoms with Crippen LogP contribution >= 0.6 is 0 Å². The summed E-state index contributed by atoms with van der Waals surface area (Å²) in [4.78, 5) is 25.1. The van der Waals surface area contributed by atoms with Crippen LogP contribution in [-0.2, 0) is 22.4 Å². The van der Waals surface area contributed by atoms with Crippen molar-refractivity contribution in [3.8, 4) is 0 Å². The maximum Gasteiger partial charge on any atom is 0.408 e. The zero-order chi connectivity index (χ0) is 27.6. The van der Waals surface area contributed by atoms with Gasteiger partial charge in [0.1, 0.15) is 12.0 Å². The Labute approximate surface area is 205 Å². The lowest BCUT2D eigenvalue weighted by Crippen LogP contribution is -2.54. The molecule has 2 unspecified atom stereocenters. The van der Waals surface area contributed by atoms with Gasteiger partial charge < -0.3 is 10.6 Å². The van der Waals surface area contributed by atoms with Gasteiger partial charge in [0.05, 0.1) is 18.9 Å². The van der Waals surface area contributed by atoms with Crippen LogP contribution in [0.3, 0.4) is 0 Å². The lowest BCUT2D eigenvalue weighted by atomic mass is 9.91. The first-order valence-electron chi connectivity index (χ1n) is 11.0. The highest BCUT2D eigenvalue weighted by Crippen LogP contribution is 2.31. The predicted molar refractivity (Wildman–Crippen MR) is 113 cm³/mol. The maximum atomic E-state index is 12.9. The highest BCUT2D eigenvalue weighted by molar-refractivity contribution is 6.01. The molecule has 0 aliphatic carbocycles. The van der Waals surface area contributed by atoms with Crippen LogP contribution in [0.4, 0.5) is 39.5 Å². The van der Waals surface area contributed by atoms with Crippen molar-refractivity contribution in [1.29, 1.82) is 0 Å². The van der Waals surface area contributed by atoms with Gasteiger partial charge in [-0.1, -0.05) is 48.5 Å². The molecule has 2 aromatic rings. The largest absolute Gasteiger partial charge is 0.408 e. The van der Waals surface area contributed by atoms with Crippen LogP contribution in [0.5, 0.6) is 0 Å². The minimum Gasteiger partial charge on any atom is -0.344 e. The highest BCUT2D eigenvalue weighted by Gasteiger charge is 2.46. The second-order valence-corrected chi connectivity index (χ2v) is 8.74. The van der Waals surface area contributed by atoms with E-state index in [2.05, 4.69) is 5.32 Å². The summed E-state index contributed by atoms with van der Waals surface area (Å²) in [5, 5.41) is 4.27. The lowest BCUT2D eigenvalue weighted by molar-refractivity contribution is -0.171. The summed E-state index contributed by atoms with van der Waals surface area (Å²) in [6, 6.07) is 6.63. The van der Waals surface area contributed by atoms with Crippen molar-refractivity contribution < 1.29 is 49.1 Å². The van der Waals surface area contributed by atoms with Crippen LogP contribution in [0, 0.1) is 5.92 Å². The number of nitrogens with one attached hydrogen (secondary N) is 2. The number of hydrogen-bond acceptors (Lipinski definition) is 2. The molecule has 1 saturated heterocycles. The monoisotopic (exact) mass is 540 g/mol. The number of halogens is 9. The molecule has 1 aliphatic heterocycles. The number of piperidine rings is 1. The number of alkyl halides is 9. The van der Waals surface area contributed by atoms with E-state index in [0.717, 1.165) is 0 Å². The van der Waals surface area contributed by atoms with E-state index in [1.54, 1.807) is 5.32 Å². The van der Waals surface area contributed by atoms with Gasteiger partial charge in [0, 0.05) is 0 Å². The Balaban J connectivity index is 1.85. The third kappa shape index (κ3) is 8.12. The van der Waals surface area contributed by atoms with Crippen molar-refractivity contribution in [2.24, 2.45) is 5.92 Å². The molecule has 3 rings (SSSR count). The number of carbonyl (C=O) groups is 2. The molecule has 0 aromatic heterocycles. The lowest BCUT2D eigenvalue weighted by Gasteiger charge is -2.31. The summed E-state index contributed by atoms with van der Waals surface area (Å²) < 4.78 is 115. The Bertz CT molecular complexity index is 1030. The number of rotatable bonds is 6. The summed E-state index contributed by atoms with van der Waals surface area (Å²) in [6.45, 7) is 0. The van der Waals surface area contributed by atoms with Crippen molar-refractivity contribution >= 4 is 11.8 Å². The zero-order valence-electron chi connectivity index (χ0n) is 18.9. The summed E-state index contributed by atoms with van der Waals surface area (Å²) in [6.07, 6.45) is -17.0. The number of benzene rings is 2. The van der Waals surface area contributed by atoms with E-state index >= 15 is 0 Å². The molecule has 1 aliphatic rings. The van der Waals surface area contributed by atoms with Gasteiger partial charge in [-0.05, 0) is 35.1 Å². The molecule has 0 bridgehead atoms. The Kier molecular flexibility index (Phi) is 8.13. The van der Waals surface area contributed by atoms with E-state index in [0.29, 0.717) is 0 Å². The molecule has 1 heterocycles. The van der Waals surface area contributed by atoms with E-state index in [1.807, 2.05) is 0 Å². The standard InChI is InChI=1S/C24H21F9N2O2/c25-22(26,27)11-13-1-5-15(6-2-13)19(16-7-3-14(4-8-16)12-23(28,29)30)35-21(37)17-9-10-18(24(31,32)33)34-20(17)36/h1-8,17-19H,9-12H2,(H,34,36)(H,35,37). The van der Waals surface area contributed by atoms with Crippen molar-refractivity contribution in [3.05, 3.63) is 70.8 Å². The molecule has 13 heteroatoms. The van der Waals surface area contributed by atoms with Crippen molar-refractivity contribution in [2.75, 3.05) is 0 Å². The fourth-order valence-electron chi connectivity index (χ4n) is 4.03. The van der Waals surface area contributed by atoms with Gasteiger partial charge in [0.2, 0.25) is 11.8 Å². The first kappa shape index (κ1) is 28.3. The molecule has 1 fully saturated rings. The van der Waals surface area contributed by atoms with Gasteiger partial charge >= 0.3 is 18.5 Å². The predicted octanol–water partition coefficient (Wildman–Crippen LogP) is 5.56. The van der Waals surface area contributed by atoms with Gasteiger partial charge in [-0.15, -0.1) is 0 Å². The first-order valence-corrected chi connectivity index (χ1v) is 11.0. The molecule has 2 aromatic carbocycles. The minimum absolute atomic E-state index is 0.0771. The number of amides is 2. The van der Waals surface area contributed by atoms with Gasteiger partial charge in [0.25, 0.3) is 0 Å². The summed E-state index contributed by atoms with van der Waals surface area (Å²) in [5.74, 6) is -3.53. The molecule has 2 amide bonds. The van der Waals surface area contributed by atoms with Gasteiger partial charge in [0.15, 0.2) is 0 Å². The van der Waals surface area contributed by atoms with Gasteiger partial charge in [-0.25, -0.2) is 0 Å². The van der Waals surface area contributed by atoms with Crippen LogP contribution in [0.2, 0.25) is 0 Å². The van der Waals surface area contributed by atoms with Crippen LogP contribution in [0.15, 0.2) is 48.5 Å². The van der Waals surface area contributed by atoms with E-state index in [-0.39, 0.29) is 22.3 Å². The summed E-state index contributed by atoms with van der Waals surface area (Å²) in [7, 11) is 0. The molecular weight excluding hydrogens is 519 g/mol. The SMILES string of the molecule is O=C(NC(c1ccc(CC(F)(F)F)cc1)c1ccc(CC(F)(F)F)cc1)C1CCC(C(F)(F)F)NC1=O. The second-order valence-electron chi connectivity index (χ2n) is 8.74. The molecule has 0 spiro atoms. The van der Waals surface area contributed by atoms with E-state index in [4.69, 9.17) is 0 Å². The fraction of sp³-hybridized carbons (Fsp3) is 0.417. The quantitative estimate of drug-likeness (QED) is 0.373. The fourth-order valence-corrected chi connectivity index (χ4v) is 4.03. The summed E-state index contributed by atoms with van der Waals surface area (Å²) in [5.41, 5.74) is 0.359. The highest BCUT2D eigenvalue weighted by atomic mass is 19.4. The van der Waals surface area contributed by atoms with Gasteiger partial charge in [-0.3, -0.25) is 9.59 Å². The van der Waals surface area contributed by atoms with Crippen molar-refractivity contribution in [3.63, 3.8) is 0 Å². The normalized spacial score (nSPS) is 19.0. The maximum absolute atomic E-state index is 12.9. The molecular formula is C24H21F9N2O2. The molecule has 4 nitrogen and oxygen atoms in total. The Morgan fingerprint density at radius 2 is 1.22 bits per heavy atom. The molecule has 37 heavy (non-hydrogen) atoms. The third-order valence-electron chi connectivity index (χ3n) is 5.81. The van der Waals surface area contributed by atoms with Crippen molar-refractivity contribution in [1.82, 2.24) is 10.6 Å². The smallest absolute Gasteiger partial charge is 0.344 e. The molecule has 2 atom stereocenters. The molecule has 0 radical (unpaired) electrons. The molecule has 202 valence electrons. The average molecular weight is 540 g/mol. The zero-order valence-corrected chi connectivity index (χ0v) is 18.9. The van der Waals surface area contributed by atoms with Crippen LogP contribution in [0.25, 0.3) is 0 Å². The first-order chi connectivity index (χ1) is 17.0. The number of carbonyl (C=O) groups excluding carboxylic acids is 2. The van der Waals surface area contributed by atoms with Crippen molar-refractivity contribution in [2.45, 2.75) is 56.3 Å². The Morgan fingerprint density at radius 3 is 1.57 bits per heavy atom. The van der Waals surface area contributed by atoms with Crippen LogP contribution in [-0.4, -0.2) is 36.4 Å². The van der Waals surface area contributed by atoms with E-state index < -0.39 is 74.0 Å². The number of hydrogen-bond donors (Lipinski definition) is 2. The summed E-state index contributed by atoms with van der Waals surface area (Å²) >= 11 is 0. The van der Waals surface area contributed by atoms with Crippen LogP contribution < -0.4 is 10.6 Å². The van der Waals surface area contributed by atoms with E-state index in [1.165, 1.54) is 48.5 Å². The molecule has 2 N–H and O–H groups in total. The third-order valence-corrected chi connectivity index (χ3v) is 5.81. The second kappa shape index (κ2) is 10.6. The topological polar surface area (TPSA) is 58.2 Å². The average Bonchev–Trinajstić information content (AvgIpc) is 2.76.